The Hall–Kier alpha value is -3.41. The molecule has 142 valence electrons. The molecule has 0 saturated carbocycles. The van der Waals surface area contributed by atoms with Gasteiger partial charge in [0.25, 0.3) is 0 Å². The Kier molecular flexibility index (Phi) is 4.69. The number of imidazole rings is 1. The molecule has 0 aliphatic heterocycles. The van der Waals surface area contributed by atoms with Crippen molar-refractivity contribution in [3.8, 4) is 5.69 Å². The van der Waals surface area contributed by atoms with Crippen LogP contribution in [0.25, 0.3) is 16.7 Å². The molecule has 0 radical (unpaired) electrons. The Balaban J connectivity index is 1.42. The Morgan fingerprint density at radius 1 is 1.07 bits per heavy atom. The molecule has 0 unspecified atom stereocenters. The summed E-state index contributed by atoms with van der Waals surface area (Å²) in [6, 6.07) is 15.8. The van der Waals surface area contributed by atoms with Crippen LogP contribution in [-0.2, 0) is 18.3 Å². The molecule has 6 heteroatoms. The van der Waals surface area contributed by atoms with E-state index in [-0.39, 0.29) is 5.91 Å². The number of nitrogens with one attached hydrogen (secondary N) is 1. The van der Waals surface area contributed by atoms with Crippen LogP contribution in [0, 0.1) is 13.8 Å². The summed E-state index contributed by atoms with van der Waals surface area (Å²) in [6.07, 6.45) is 2.94. The lowest BCUT2D eigenvalue weighted by molar-refractivity contribution is -0.116. The van der Waals surface area contributed by atoms with E-state index in [1.807, 2.05) is 85.0 Å². The number of aryl methyl sites for hydroxylation is 2. The van der Waals surface area contributed by atoms with Crippen LogP contribution in [0.2, 0.25) is 0 Å². The van der Waals surface area contributed by atoms with Gasteiger partial charge in [0.2, 0.25) is 5.91 Å². The lowest BCUT2D eigenvalue weighted by Crippen LogP contribution is -2.12. The van der Waals surface area contributed by atoms with Crippen LogP contribution in [0.15, 0.2) is 54.9 Å². The maximum Gasteiger partial charge on any atom is 0.224 e. The number of hydrogen-bond acceptors (Lipinski definition) is 3. The van der Waals surface area contributed by atoms with E-state index in [9.17, 15) is 4.79 Å². The van der Waals surface area contributed by atoms with E-state index in [0.717, 1.165) is 39.4 Å². The number of fused-ring (bicyclic) bond motifs is 1. The molecular weight excluding hydrogens is 350 g/mol. The maximum absolute atomic E-state index is 12.4. The third kappa shape index (κ3) is 3.41. The highest BCUT2D eigenvalue weighted by atomic mass is 16.1. The average molecular weight is 373 g/mol. The quantitative estimate of drug-likeness (QED) is 0.576. The number of rotatable bonds is 5. The van der Waals surface area contributed by atoms with Crippen LogP contribution in [0.1, 0.15) is 23.4 Å². The number of hydrogen-bond donors (Lipinski definition) is 1. The van der Waals surface area contributed by atoms with E-state index >= 15 is 0 Å². The van der Waals surface area contributed by atoms with Gasteiger partial charge in [0.05, 0.1) is 16.7 Å². The van der Waals surface area contributed by atoms with Crippen molar-refractivity contribution >= 4 is 22.6 Å². The summed E-state index contributed by atoms with van der Waals surface area (Å²) in [5, 5.41) is 7.38. The fourth-order valence-electron chi connectivity index (χ4n) is 3.51. The summed E-state index contributed by atoms with van der Waals surface area (Å²) < 4.78 is 3.90. The molecular formula is C22H23N5O. The van der Waals surface area contributed by atoms with Crippen LogP contribution in [-0.4, -0.2) is 25.2 Å². The molecule has 28 heavy (non-hydrogen) atoms. The van der Waals surface area contributed by atoms with Gasteiger partial charge in [-0.2, -0.15) is 5.10 Å². The summed E-state index contributed by atoms with van der Waals surface area (Å²) in [4.78, 5) is 16.8. The highest BCUT2D eigenvalue weighted by Gasteiger charge is 2.12. The zero-order valence-electron chi connectivity index (χ0n) is 16.3. The summed E-state index contributed by atoms with van der Waals surface area (Å²) >= 11 is 0. The molecule has 0 aliphatic carbocycles. The van der Waals surface area contributed by atoms with Crippen molar-refractivity contribution in [2.45, 2.75) is 26.7 Å². The van der Waals surface area contributed by atoms with Crippen molar-refractivity contribution in [2.24, 2.45) is 7.05 Å². The van der Waals surface area contributed by atoms with E-state index in [0.29, 0.717) is 12.8 Å². The summed E-state index contributed by atoms with van der Waals surface area (Å²) in [5.74, 6) is 0.00323. The molecule has 2 aromatic heterocycles. The first-order valence-electron chi connectivity index (χ1n) is 9.34. The molecule has 0 atom stereocenters. The van der Waals surface area contributed by atoms with Gasteiger partial charge in [-0.3, -0.25) is 14.0 Å². The number of carbonyl (C=O) groups is 1. The zero-order chi connectivity index (χ0) is 19.7. The first-order chi connectivity index (χ1) is 13.5. The highest BCUT2D eigenvalue weighted by Crippen LogP contribution is 2.20. The van der Waals surface area contributed by atoms with Gasteiger partial charge in [-0.15, -0.1) is 0 Å². The molecule has 0 saturated heterocycles. The number of para-hydroxylation sites is 2. The minimum atomic E-state index is 0.00323. The summed E-state index contributed by atoms with van der Waals surface area (Å²) in [6.45, 7) is 4.02. The standard InChI is InChI=1S/C22H23N5O/c1-15-19(16(2)26(3)25-15)12-13-22(28)24-17-8-10-18(11-9-17)27-14-23-20-6-4-5-7-21(20)27/h4-11,14H,12-13H2,1-3H3,(H,24,28). The van der Waals surface area contributed by atoms with Crippen molar-refractivity contribution in [1.29, 1.82) is 0 Å². The SMILES string of the molecule is Cc1nn(C)c(C)c1CCC(=O)Nc1ccc(-n2cnc3ccccc32)cc1. The normalized spacial score (nSPS) is 11.1. The minimum absolute atomic E-state index is 0.00323. The fourth-order valence-corrected chi connectivity index (χ4v) is 3.51. The van der Waals surface area contributed by atoms with E-state index in [4.69, 9.17) is 0 Å². The fraction of sp³-hybridized carbons (Fsp3) is 0.227. The van der Waals surface area contributed by atoms with Crippen LogP contribution in [0.4, 0.5) is 5.69 Å². The monoisotopic (exact) mass is 373 g/mol. The number of nitrogens with zero attached hydrogens (tertiary/aromatic N) is 4. The molecule has 1 N–H and O–H groups in total. The van der Waals surface area contributed by atoms with Crippen LogP contribution in [0.5, 0.6) is 0 Å². The van der Waals surface area contributed by atoms with E-state index in [1.54, 1.807) is 0 Å². The predicted octanol–water partition coefficient (Wildman–Crippen LogP) is 3.95. The second-order valence-electron chi connectivity index (χ2n) is 6.97. The van der Waals surface area contributed by atoms with E-state index in [2.05, 4.69) is 15.4 Å². The van der Waals surface area contributed by atoms with Crippen molar-refractivity contribution < 1.29 is 4.79 Å². The first kappa shape index (κ1) is 18.0. The Labute approximate surface area is 163 Å². The molecule has 0 spiro atoms. The highest BCUT2D eigenvalue weighted by molar-refractivity contribution is 5.91. The second kappa shape index (κ2) is 7.31. The molecule has 6 nitrogen and oxygen atoms in total. The molecule has 1 amide bonds. The Morgan fingerprint density at radius 3 is 2.54 bits per heavy atom. The van der Waals surface area contributed by atoms with Gasteiger partial charge in [-0.1, -0.05) is 12.1 Å². The molecule has 0 bridgehead atoms. The van der Waals surface area contributed by atoms with Gasteiger partial charge >= 0.3 is 0 Å². The minimum Gasteiger partial charge on any atom is -0.326 e. The predicted molar refractivity (Wildman–Crippen MR) is 111 cm³/mol. The van der Waals surface area contributed by atoms with Crippen LogP contribution in [0.3, 0.4) is 0 Å². The molecule has 2 aromatic carbocycles. The topological polar surface area (TPSA) is 64.7 Å². The van der Waals surface area contributed by atoms with E-state index < -0.39 is 0 Å². The zero-order valence-corrected chi connectivity index (χ0v) is 16.3. The van der Waals surface area contributed by atoms with E-state index in [1.165, 1.54) is 0 Å². The van der Waals surface area contributed by atoms with Crippen molar-refractivity contribution in [2.75, 3.05) is 5.32 Å². The van der Waals surface area contributed by atoms with Gasteiger partial charge in [0.1, 0.15) is 6.33 Å². The third-order valence-corrected chi connectivity index (χ3v) is 5.14. The van der Waals surface area contributed by atoms with Gasteiger partial charge in [0.15, 0.2) is 0 Å². The van der Waals surface area contributed by atoms with Gasteiger partial charge in [0, 0.05) is 30.5 Å². The van der Waals surface area contributed by atoms with Crippen LogP contribution < -0.4 is 5.32 Å². The van der Waals surface area contributed by atoms with Crippen molar-refractivity contribution in [3.63, 3.8) is 0 Å². The summed E-state index contributed by atoms with van der Waals surface area (Å²) in [5.41, 5.74) is 7.07. The number of aromatic nitrogens is 4. The molecule has 4 rings (SSSR count). The largest absolute Gasteiger partial charge is 0.326 e. The van der Waals surface area contributed by atoms with Crippen molar-refractivity contribution in [3.05, 3.63) is 71.8 Å². The molecule has 0 fully saturated rings. The lowest BCUT2D eigenvalue weighted by atomic mass is 10.1. The summed E-state index contributed by atoms with van der Waals surface area (Å²) in [7, 11) is 1.93. The first-order valence-corrected chi connectivity index (χ1v) is 9.34. The number of anilines is 1. The molecule has 2 heterocycles. The van der Waals surface area contributed by atoms with Crippen LogP contribution >= 0.6 is 0 Å². The molecule has 4 aromatic rings. The second-order valence-corrected chi connectivity index (χ2v) is 6.97. The maximum atomic E-state index is 12.4. The van der Waals surface area contributed by atoms with Gasteiger partial charge in [-0.05, 0) is 62.2 Å². The lowest BCUT2D eigenvalue weighted by Gasteiger charge is -2.08. The van der Waals surface area contributed by atoms with Gasteiger partial charge < -0.3 is 5.32 Å². The number of carbonyl (C=O) groups excluding carboxylic acids is 1. The third-order valence-electron chi connectivity index (χ3n) is 5.14. The Bertz CT molecular complexity index is 1140. The Morgan fingerprint density at radius 2 is 1.82 bits per heavy atom. The smallest absolute Gasteiger partial charge is 0.224 e. The number of benzene rings is 2. The average Bonchev–Trinajstić information content (AvgIpc) is 3.22. The molecule has 0 aliphatic rings. The van der Waals surface area contributed by atoms with Gasteiger partial charge in [-0.25, -0.2) is 4.98 Å². The number of amides is 1. The van der Waals surface area contributed by atoms with Crippen molar-refractivity contribution in [1.82, 2.24) is 19.3 Å².